The minimum Gasteiger partial charge on any atom is -0.352 e. The van der Waals surface area contributed by atoms with E-state index >= 15 is 0 Å². The number of benzene rings is 2. The van der Waals surface area contributed by atoms with Crippen LogP contribution in [0.5, 0.6) is 0 Å². The van der Waals surface area contributed by atoms with Crippen LogP contribution in [0.1, 0.15) is 42.4 Å². The molecule has 1 aliphatic rings. The van der Waals surface area contributed by atoms with Crippen LogP contribution >= 0.6 is 12.2 Å². The van der Waals surface area contributed by atoms with E-state index in [4.69, 9.17) is 12.2 Å². The monoisotopic (exact) mass is 495 g/mol. The Hall–Kier alpha value is -3.97. The molecule has 7 heteroatoms. The molecule has 2 atom stereocenters. The number of aromatic nitrogens is 2. The summed E-state index contributed by atoms with van der Waals surface area (Å²) in [5, 5.41) is 7.19. The van der Waals surface area contributed by atoms with E-state index < -0.39 is 0 Å². The summed E-state index contributed by atoms with van der Waals surface area (Å²) in [7, 11) is 0. The third kappa shape index (κ3) is 4.88. The van der Waals surface area contributed by atoms with E-state index in [1.165, 1.54) is 0 Å². The molecule has 1 amide bonds. The molecule has 0 spiro atoms. The van der Waals surface area contributed by atoms with Crippen LogP contribution in [0.25, 0.3) is 5.69 Å². The van der Waals surface area contributed by atoms with Gasteiger partial charge in [-0.15, -0.1) is 0 Å². The molecule has 3 heterocycles. The Morgan fingerprint density at radius 2 is 1.78 bits per heavy atom. The van der Waals surface area contributed by atoms with Crippen LogP contribution in [0.4, 0.5) is 5.69 Å². The lowest BCUT2D eigenvalue weighted by molar-refractivity contribution is -0.116. The summed E-state index contributed by atoms with van der Waals surface area (Å²) in [5.74, 6) is -0.0304. The third-order valence-corrected chi connectivity index (χ3v) is 6.92. The first kappa shape index (κ1) is 23.8. The largest absolute Gasteiger partial charge is 0.352 e. The van der Waals surface area contributed by atoms with Crippen molar-refractivity contribution in [2.75, 3.05) is 11.9 Å². The van der Waals surface area contributed by atoms with Gasteiger partial charge in [0.15, 0.2) is 5.11 Å². The number of anilines is 1. The molecule has 1 fully saturated rings. The average molecular weight is 496 g/mol. The second kappa shape index (κ2) is 10.7. The molecule has 0 unspecified atom stereocenters. The number of amides is 1. The van der Waals surface area contributed by atoms with E-state index in [-0.39, 0.29) is 18.0 Å². The van der Waals surface area contributed by atoms with Crippen LogP contribution in [0.2, 0.25) is 0 Å². The van der Waals surface area contributed by atoms with Gasteiger partial charge in [0.25, 0.3) is 0 Å². The fourth-order valence-corrected chi connectivity index (χ4v) is 5.14. The maximum atomic E-state index is 13.0. The minimum atomic E-state index is -0.139. The summed E-state index contributed by atoms with van der Waals surface area (Å²) in [6.07, 6.45) is 5.04. The highest BCUT2D eigenvalue weighted by molar-refractivity contribution is 7.80. The number of thiocarbonyl (C=S) groups is 1. The Morgan fingerprint density at radius 1 is 1.00 bits per heavy atom. The van der Waals surface area contributed by atoms with Crippen molar-refractivity contribution < 1.29 is 4.79 Å². The predicted octanol–water partition coefficient (Wildman–Crippen LogP) is 5.44. The summed E-state index contributed by atoms with van der Waals surface area (Å²) in [6, 6.07) is 28.0. The van der Waals surface area contributed by atoms with Crippen LogP contribution in [-0.4, -0.2) is 32.0 Å². The molecule has 0 radical (unpaired) electrons. The van der Waals surface area contributed by atoms with E-state index in [0.29, 0.717) is 18.1 Å². The third-order valence-electron chi connectivity index (χ3n) is 6.57. The zero-order valence-corrected chi connectivity index (χ0v) is 21.0. The van der Waals surface area contributed by atoms with E-state index in [1.807, 2.05) is 66.7 Å². The number of hydrogen-bond donors (Lipinski definition) is 2. The molecule has 4 aromatic rings. The van der Waals surface area contributed by atoms with Crippen molar-refractivity contribution in [1.82, 2.24) is 19.8 Å². The standard InChI is InChI=1S/C29H29N5OS/c1-2-21-11-6-7-14-23(21)31-26(35)17-20-34-28(27(32-29(34)36)24-15-8-9-18-30-24)25-16-10-19-33(25)22-12-4-3-5-13-22/h3-16,18-19,27-28H,2,17,20H2,1H3,(H,31,35)(H,32,36)/t27-,28-/m0/s1. The van der Waals surface area contributed by atoms with Gasteiger partial charge in [-0.05, 0) is 66.7 Å². The normalized spacial score (nSPS) is 17.1. The summed E-state index contributed by atoms with van der Waals surface area (Å²) in [4.78, 5) is 19.7. The molecule has 36 heavy (non-hydrogen) atoms. The van der Waals surface area contributed by atoms with Gasteiger partial charge in [-0.25, -0.2) is 0 Å². The van der Waals surface area contributed by atoms with Crippen molar-refractivity contribution >= 4 is 28.9 Å². The molecule has 182 valence electrons. The Balaban J connectivity index is 1.43. The molecule has 2 aromatic heterocycles. The molecule has 6 nitrogen and oxygen atoms in total. The first-order chi connectivity index (χ1) is 17.7. The Kier molecular flexibility index (Phi) is 7.09. The van der Waals surface area contributed by atoms with Crippen molar-refractivity contribution in [2.24, 2.45) is 0 Å². The van der Waals surface area contributed by atoms with Gasteiger partial charge in [0.1, 0.15) is 0 Å². The molecule has 0 aliphatic carbocycles. The Labute approximate surface area is 217 Å². The van der Waals surface area contributed by atoms with Gasteiger partial charge in [-0.1, -0.05) is 49.4 Å². The number of carbonyl (C=O) groups excluding carboxylic acids is 1. The highest BCUT2D eigenvalue weighted by atomic mass is 32.1. The first-order valence-corrected chi connectivity index (χ1v) is 12.6. The molecule has 1 aliphatic heterocycles. The first-order valence-electron chi connectivity index (χ1n) is 12.2. The van der Waals surface area contributed by atoms with Gasteiger partial charge in [0, 0.05) is 42.4 Å². The molecular weight excluding hydrogens is 466 g/mol. The second-order valence-corrected chi connectivity index (χ2v) is 9.15. The topological polar surface area (TPSA) is 62.2 Å². The number of nitrogens with zero attached hydrogens (tertiary/aromatic N) is 3. The lowest BCUT2D eigenvalue weighted by Crippen LogP contribution is -2.33. The van der Waals surface area contributed by atoms with Crippen LogP contribution in [0.3, 0.4) is 0 Å². The van der Waals surface area contributed by atoms with Gasteiger partial charge in [0.2, 0.25) is 5.91 Å². The number of carbonyl (C=O) groups is 1. The number of pyridine rings is 1. The van der Waals surface area contributed by atoms with Crippen molar-refractivity contribution in [3.8, 4) is 5.69 Å². The molecule has 2 N–H and O–H groups in total. The van der Waals surface area contributed by atoms with Crippen LogP contribution in [0, 0.1) is 0 Å². The van der Waals surface area contributed by atoms with Gasteiger partial charge >= 0.3 is 0 Å². The summed E-state index contributed by atoms with van der Waals surface area (Å²) < 4.78 is 2.18. The van der Waals surface area contributed by atoms with E-state index in [2.05, 4.69) is 56.4 Å². The number of hydrogen-bond acceptors (Lipinski definition) is 3. The van der Waals surface area contributed by atoms with Gasteiger partial charge in [-0.3, -0.25) is 9.78 Å². The smallest absolute Gasteiger partial charge is 0.226 e. The van der Waals surface area contributed by atoms with Crippen molar-refractivity contribution in [1.29, 1.82) is 0 Å². The number of rotatable bonds is 8. The average Bonchev–Trinajstić information content (AvgIpc) is 3.53. The quantitative estimate of drug-likeness (QED) is 0.319. The molecule has 2 aromatic carbocycles. The van der Waals surface area contributed by atoms with Gasteiger partial charge in [0.05, 0.1) is 17.8 Å². The molecule has 5 rings (SSSR count). The van der Waals surface area contributed by atoms with Gasteiger partial charge in [-0.2, -0.15) is 0 Å². The van der Waals surface area contributed by atoms with Crippen molar-refractivity contribution in [3.05, 3.63) is 114 Å². The Bertz CT molecular complexity index is 1340. The fourth-order valence-electron chi connectivity index (χ4n) is 4.81. The van der Waals surface area contributed by atoms with Crippen LogP contribution in [0.15, 0.2) is 97.3 Å². The summed E-state index contributed by atoms with van der Waals surface area (Å²) in [6.45, 7) is 2.57. The molecule has 0 saturated carbocycles. The number of para-hydroxylation sites is 2. The highest BCUT2D eigenvalue weighted by Crippen LogP contribution is 2.39. The predicted molar refractivity (Wildman–Crippen MR) is 147 cm³/mol. The van der Waals surface area contributed by atoms with Gasteiger partial charge < -0.3 is 20.1 Å². The van der Waals surface area contributed by atoms with Crippen molar-refractivity contribution in [2.45, 2.75) is 31.8 Å². The maximum absolute atomic E-state index is 13.0. The van der Waals surface area contributed by atoms with E-state index in [0.717, 1.165) is 34.7 Å². The van der Waals surface area contributed by atoms with Crippen molar-refractivity contribution in [3.63, 3.8) is 0 Å². The SMILES string of the molecule is CCc1ccccc1NC(=O)CCN1C(=S)N[C@@H](c2ccccn2)[C@@H]1c1cccn1-c1ccccc1. The second-order valence-electron chi connectivity index (χ2n) is 8.77. The zero-order chi connectivity index (χ0) is 24.9. The van der Waals surface area contributed by atoms with Crippen LogP contribution in [-0.2, 0) is 11.2 Å². The fraction of sp³-hybridized carbons (Fsp3) is 0.207. The molecule has 1 saturated heterocycles. The maximum Gasteiger partial charge on any atom is 0.226 e. The van der Waals surface area contributed by atoms with E-state index in [1.54, 1.807) is 6.20 Å². The highest BCUT2D eigenvalue weighted by Gasteiger charge is 2.41. The van der Waals surface area contributed by atoms with E-state index in [9.17, 15) is 4.79 Å². The summed E-state index contributed by atoms with van der Waals surface area (Å²) >= 11 is 5.80. The summed E-state index contributed by atoms with van der Waals surface area (Å²) in [5.41, 5.74) is 5.06. The molecular formula is C29H29N5OS. The zero-order valence-electron chi connectivity index (χ0n) is 20.2. The molecule has 0 bridgehead atoms. The minimum absolute atomic E-state index is 0.0304. The number of nitrogens with one attached hydrogen (secondary N) is 2. The number of aryl methyl sites for hydroxylation is 1. The lowest BCUT2D eigenvalue weighted by atomic mass is 10.0. The van der Waals surface area contributed by atoms with Crippen LogP contribution < -0.4 is 10.6 Å². The Morgan fingerprint density at radius 3 is 2.56 bits per heavy atom. The lowest BCUT2D eigenvalue weighted by Gasteiger charge is -2.29.